The fourth-order valence-electron chi connectivity index (χ4n) is 6.23. The van der Waals surface area contributed by atoms with E-state index in [0.717, 1.165) is 16.7 Å². The smallest absolute Gasteiger partial charge is 0.168 e. The highest BCUT2D eigenvalue weighted by atomic mass is 16.5. The van der Waals surface area contributed by atoms with E-state index >= 15 is 0 Å². The zero-order chi connectivity index (χ0) is 35.6. The Kier molecular flexibility index (Phi) is 10.7. The molecule has 1 atom stereocenters. The third kappa shape index (κ3) is 6.67. The summed E-state index contributed by atoms with van der Waals surface area (Å²) in [7, 11) is 4.61. The summed E-state index contributed by atoms with van der Waals surface area (Å²) >= 11 is 0. The predicted molar refractivity (Wildman–Crippen MR) is 182 cm³/mol. The Morgan fingerprint density at radius 2 is 0.938 bits per heavy atom. The highest BCUT2D eigenvalue weighted by Crippen LogP contribution is 2.45. The van der Waals surface area contributed by atoms with Gasteiger partial charge in [0.1, 0.15) is 11.5 Å². The molecule has 0 aliphatic heterocycles. The lowest BCUT2D eigenvalue weighted by atomic mass is 9.68. The number of Topliss-reactive ketones (excluding diaryl/α,β-unsaturated/α-hetero) is 2. The van der Waals surface area contributed by atoms with Gasteiger partial charge >= 0.3 is 0 Å². The molecule has 4 rings (SSSR count). The molecule has 0 radical (unpaired) electrons. The van der Waals surface area contributed by atoms with Crippen molar-refractivity contribution in [3.63, 3.8) is 0 Å². The number of benzene rings is 4. The maximum Gasteiger partial charge on any atom is 0.168 e. The first-order valence-corrected chi connectivity index (χ1v) is 15.5. The molecule has 0 aliphatic carbocycles. The van der Waals surface area contributed by atoms with Crippen LogP contribution in [-0.4, -0.2) is 53.3 Å². The number of methoxy groups -OCH3 is 3. The van der Waals surface area contributed by atoms with E-state index in [9.17, 15) is 30.0 Å². The summed E-state index contributed by atoms with van der Waals surface area (Å²) in [4.78, 5) is 25.0. The minimum atomic E-state index is -0.944. The highest BCUT2D eigenvalue weighted by Gasteiger charge is 2.35. The summed E-state index contributed by atoms with van der Waals surface area (Å²) in [5, 5.41) is 42.8. The van der Waals surface area contributed by atoms with E-state index < -0.39 is 16.6 Å². The van der Waals surface area contributed by atoms with Crippen molar-refractivity contribution in [2.24, 2.45) is 0 Å². The van der Waals surface area contributed by atoms with E-state index in [0.29, 0.717) is 27.8 Å². The first-order valence-electron chi connectivity index (χ1n) is 15.5. The third-order valence-corrected chi connectivity index (χ3v) is 9.26. The molecule has 0 bridgehead atoms. The fraction of sp³-hybridized carbons (Fsp3) is 0.333. The van der Waals surface area contributed by atoms with Crippen LogP contribution in [0.1, 0.15) is 99.8 Å². The number of phenols is 4. The zero-order valence-electron chi connectivity index (χ0n) is 28.7. The van der Waals surface area contributed by atoms with E-state index in [2.05, 4.69) is 0 Å². The average Bonchev–Trinajstić information content (AvgIpc) is 3.04. The number of aromatic hydroxyl groups is 4. The van der Waals surface area contributed by atoms with Crippen LogP contribution >= 0.6 is 0 Å². The van der Waals surface area contributed by atoms with E-state index in [1.165, 1.54) is 27.0 Å². The number of hydrogen-bond donors (Lipinski definition) is 4. The van der Waals surface area contributed by atoms with Crippen LogP contribution in [-0.2, 0) is 44.9 Å². The molecule has 0 saturated heterocycles. The van der Waals surface area contributed by atoms with Gasteiger partial charge in [-0.15, -0.1) is 0 Å². The molecule has 0 heterocycles. The molecule has 9 nitrogen and oxygen atoms in total. The number of ketones is 2. The van der Waals surface area contributed by atoms with Crippen molar-refractivity contribution in [3.8, 4) is 23.0 Å². The molecular weight excluding hydrogens is 612 g/mol. The first kappa shape index (κ1) is 36.1. The van der Waals surface area contributed by atoms with Crippen LogP contribution in [0.25, 0.3) is 0 Å². The second kappa shape index (κ2) is 14.2. The van der Waals surface area contributed by atoms with E-state index in [4.69, 9.17) is 14.2 Å². The second-order valence-electron chi connectivity index (χ2n) is 12.8. The normalized spacial score (nSPS) is 12.9. The zero-order valence-corrected chi connectivity index (χ0v) is 28.7. The standard InChI is InChI=1S/C39H44O9/c1-22(40)32-17-31(15-26(21-48-8)36(32)44)39(5,30-13-24(19-46-6)35(43)25(14-30)20-47-7)28-11-9-27(10-12-28)38(3,4)29-16-33(23(2)41)37(45)34(42)18-29/h9-18,42-45H,19-21H2,1-8H3. The van der Waals surface area contributed by atoms with Gasteiger partial charge in [-0.1, -0.05) is 38.1 Å². The molecule has 0 aromatic heterocycles. The molecule has 0 amide bonds. The van der Waals surface area contributed by atoms with Gasteiger partial charge in [0.2, 0.25) is 0 Å². The summed E-state index contributed by atoms with van der Waals surface area (Å²) in [6, 6.07) is 18.2. The molecular formula is C39H44O9. The molecule has 4 aromatic rings. The van der Waals surface area contributed by atoms with Crippen molar-refractivity contribution in [1.82, 2.24) is 0 Å². The monoisotopic (exact) mass is 656 g/mol. The summed E-state index contributed by atoms with van der Waals surface area (Å²) in [6.07, 6.45) is 0. The van der Waals surface area contributed by atoms with Crippen molar-refractivity contribution in [1.29, 1.82) is 0 Å². The van der Waals surface area contributed by atoms with Crippen LogP contribution in [0.5, 0.6) is 23.0 Å². The van der Waals surface area contributed by atoms with Crippen LogP contribution in [0.15, 0.2) is 60.7 Å². The van der Waals surface area contributed by atoms with E-state index in [1.807, 2.05) is 63.2 Å². The van der Waals surface area contributed by atoms with Gasteiger partial charge in [0, 0.05) is 48.8 Å². The number of carbonyl (C=O) groups is 2. The maximum absolute atomic E-state index is 12.8. The lowest BCUT2D eigenvalue weighted by molar-refractivity contribution is 0.100. The highest BCUT2D eigenvalue weighted by molar-refractivity contribution is 5.98. The average molecular weight is 657 g/mol. The Morgan fingerprint density at radius 3 is 1.40 bits per heavy atom. The minimum Gasteiger partial charge on any atom is -0.507 e. The van der Waals surface area contributed by atoms with Crippen molar-refractivity contribution in [3.05, 3.63) is 116 Å². The van der Waals surface area contributed by atoms with Gasteiger partial charge in [-0.2, -0.15) is 0 Å². The van der Waals surface area contributed by atoms with Crippen molar-refractivity contribution in [2.45, 2.75) is 65.3 Å². The van der Waals surface area contributed by atoms with E-state index in [1.54, 1.807) is 26.4 Å². The summed E-state index contributed by atoms with van der Waals surface area (Å²) in [6.45, 7) is 9.02. The molecule has 4 aromatic carbocycles. The molecule has 4 N–H and O–H groups in total. The number of carbonyl (C=O) groups excluding carboxylic acids is 2. The summed E-state index contributed by atoms with van der Waals surface area (Å²) in [5.41, 5.74) is 3.95. The topological polar surface area (TPSA) is 143 Å². The quantitative estimate of drug-likeness (QED) is 0.0677. The molecule has 1 unspecified atom stereocenters. The molecule has 254 valence electrons. The van der Waals surface area contributed by atoms with Gasteiger partial charge in [0.05, 0.1) is 30.9 Å². The number of hydrogen-bond acceptors (Lipinski definition) is 9. The van der Waals surface area contributed by atoms with Crippen LogP contribution in [0.4, 0.5) is 0 Å². The molecule has 0 spiro atoms. The minimum absolute atomic E-state index is 0.0359. The Labute approximate surface area is 281 Å². The molecule has 0 aliphatic rings. The van der Waals surface area contributed by atoms with Gasteiger partial charge in [0.15, 0.2) is 23.1 Å². The van der Waals surface area contributed by atoms with Crippen LogP contribution in [0.3, 0.4) is 0 Å². The van der Waals surface area contributed by atoms with Crippen molar-refractivity contribution >= 4 is 11.6 Å². The number of phenolic OH excluding ortho intramolecular Hbond substituents is 4. The predicted octanol–water partition coefficient (Wildman–Crippen LogP) is 7.03. The van der Waals surface area contributed by atoms with Crippen LogP contribution < -0.4 is 0 Å². The fourth-order valence-corrected chi connectivity index (χ4v) is 6.23. The Bertz CT molecular complexity index is 1810. The van der Waals surface area contributed by atoms with Gasteiger partial charge in [0.25, 0.3) is 0 Å². The Morgan fingerprint density at radius 1 is 0.542 bits per heavy atom. The third-order valence-electron chi connectivity index (χ3n) is 9.26. The lowest BCUT2D eigenvalue weighted by Gasteiger charge is -2.35. The molecule has 48 heavy (non-hydrogen) atoms. The molecule has 0 saturated carbocycles. The van der Waals surface area contributed by atoms with Gasteiger partial charge in [-0.3, -0.25) is 9.59 Å². The number of ether oxygens (including phenoxy) is 3. The summed E-state index contributed by atoms with van der Waals surface area (Å²) in [5.74, 6) is -1.57. The molecule has 0 fully saturated rings. The maximum atomic E-state index is 12.8. The van der Waals surface area contributed by atoms with Crippen LogP contribution in [0.2, 0.25) is 0 Å². The van der Waals surface area contributed by atoms with E-state index in [-0.39, 0.29) is 59.8 Å². The first-order chi connectivity index (χ1) is 22.6. The summed E-state index contributed by atoms with van der Waals surface area (Å²) < 4.78 is 16.2. The van der Waals surface area contributed by atoms with Crippen molar-refractivity contribution < 1.29 is 44.2 Å². The Hall–Kier alpha value is -4.70. The van der Waals surface area contributed by atoms with Crippen LogP contribution in [0, 0.1) is 0 Å². The van der Waals surface area contributed by atoms with Crippen molar-refractivity contribution in [2.75, 3.05) is 21.3 Å². The lowest BCUT2D eigenvalue weighted by Crippen LogP contribution is -2.27. The number of rotatable bonds is 13. The Balaban J connectivity index is 2.01. The largest absolute Gasteiger partial charge is 0.507 e. The second-order valence-corrected chi connectivity index (χ2v) is 12.8. The van der Waals surface area contributed by atoms with Gasteiger partial charge < -0.3 is 34.6 Å². The SMILES string of the molecule is COCc1cc(C(C)(c2ccc(C(C)(C)c3cc(O)c(O)c(C(C)=O)c3)cc2)c2cc(COC)c(O)c(C(C)=O)c2)cc(COC)c1O. The van der Waals surface area contributed by atoms with Gasteiger partial charge in [-0.05, 0) is 85.0 Å². The molecule has 9 heteroatoms. The van der Waals surface area contributed by atoms with Gasteiger partial charge in [-0.25, -0.2) is 0 Å².